The minimum Gasteiger partial charge on any atom is -0.497 e. The zero-order chi connectivity index (χ0) is 28.6. The molecule has 9 heteroatoms. The van der Waals surface area contributed by atoms with E-state index in [1.165, 1.54) is 24.1 Å². The van der Waals surface area contributed by atoms with Crippen LogP contribution in [0.5, 0.6) is 5.75 Å². The van der Waals surface area contributed by atoms with Gasteiger partial charge in [-0.3, -0.25) is 13.9 Å². The lowest BCUT2D eigenvalue weighted by molar-refractivity contribution is -0.139. The van der Waals surface area contributed by atoms with E-state index in [2.05, 4.69) is 5.32 Å². The molecule has 0 fully saturated rings. The number of aryl methyl sites for hydroxylation is 2. The maximum Gasteiger partial charge on any atom is 0.264 e. The molecule has 8 nitrogen and oxygen atoms in total. The van der Waals surface area contributed by atoms with Gasteiger partial charge in [0, 0.05) is 13.1 Å². The van der Waals surface area contributed by atoms with Crippen molar-refractivity contribution in [2.75, 3.05) is 24.5 Å². The van der Waals surface area contributed by atoms with Gasteiger partial charge in [0.15, 0.2) is 0 Å². The lowest BCUT2D eigenvalue weighted by Gasteiger charge is -2.32. The van der Waals surface area contributed by atoms with Crippen LogP contribution in [0.3, 0.4) is 0 Å². The number of hydrogen-bond donors (Lipinski definition) is 1. The van der Waals surface area contributed by atoms with Gasteiger partial charge in [0.2, 0.25) is 11.8 Å². The Balaban J connectivity index is 2.00. The van der Waals surface area contributed by atoms with Gasteiger partial charge in [-0.05, 0) is 69.2 Å². The van der Waals surface area contributed by atoms with Crippen LogP contribution in [0.15, 0.2) is 77.7 Å². The fraction of sp³-hybridized carbons (Fsp3) is 0.333. The Bertz CT molecular complexity index is 1360. The van der Waals surface area contributed by atoms with Crippen LogP contribution in [-0.2, 0) is 26.2 Å². The van der Waals surface area contributed by atoms with Crippen molar-refractivity contribution in [3.63, 3.8) is 0 Å². The number of benzene rings is 3. The van der Waals surface area contributed by atoms with Gasteiger partial charge in [-0.1, -0.05) is 54.4 Å². The normalized spacial score (nSPS) is 11.9. The summed E-state index contributed by atoms with van der Waals surface area (Å²) < 4.78 is 34.0. The third-order valence-corrected chi connectivity index (χ3v) is 8.23. The van der Waals surface area contributed by atoms with Crippen molar-refractivity contribution < 1.29 is 22.7 Å². The van der Waals surface area contributed by atoms with E-state index in [4.69, 9.17) is 4.74 Å². The molecule has 1 N–H and O–H groups in total. The highest BCUT2D eigenvalue weighted by molar-refractivity contribution is 7.92. The molecule has 3 rings (SSSR count). The molecule has 208 valence electrons. The van der Waals surface area contributed by atoms with Crippen molar-refractivity contribution in [3.05, 3.63) is 89.5 Å². The average Bonchev–Trinajstić information content (AvgIpc) is 2.94. The number of nitrogens with one attached hydrogen (secondary N) is 1. The summed E-state index contributed by atoms with van der Waals surface area (Å²) in [4.78, 5) is 28.3. The number of rotatable bonds is 12. The molecule has 0 aliphatic heterocycles. The van der Waals surface area contributed by atoms with E-state index in [-0.39, 0.29) is 17.3 Å². The van der Waals surface area contributed by atoms with Gasteiger partial charge in [-0.15, -0.1) is 0 Å². The quantitative estimate of drug-likeness (QED) is 0.359. The molecule has 0 unspecified atom stereocenters. The third-order valence-electron chi connectivity index (χ3n) is 6.44. The van der Waals surface area contributed by atoms with E-state index in [0.717, 1.165) is 27.4 Å². The Kier molecular flexibility index (Phi) is 10.1. The van der Waals surface area contributed by atoms with E-state index in [1.54, 1.807) is 43.3 Å². The minimum atomic E-state index is -4.13. The molecule has 1 atom stereocenters. The number of amides is 2. The van der Waals surface area contributed by atoms with Gasteiger partial charge < -0.3 is 15.0 Å². The van der Waals surface area contributed by atoms with E-state index in [1.807, 2.05) is 45.0 Å². The van der Waals surface area contributed by atoms with Crippen LogP contribution in [0.4, 0.5) is 5.69 Å². The van der Waals surface area contributed by atoms with E-state index >= 15 is 0 Å². The van der Waals surface area contributed by atoms with Crippen LogP contribution in [0.25, 0.3) is 0 Å². The second kappa shape index (κ2) is 13.3. The van der Waals surface area contributed by atoms with Gasteiger partial charge in [-0.25, -0.2) is 8.42 Å². The van der Waals surface area contributed by atoms with E-state index in [9.17, 15) is 18.0 Å². The highest BCUT2D eigenvalue weighted by atomic mass is 32.2. The maximum atomic E-state index is 13.9. The zero-order valence-electron chi connectivity index (χ0n) is 23.2. The summed E-state index contributed by atoms with van der Waals surface area (Å²) in [5, 5.41) is 2.84. The largest absolute Gasteiger partial charge is 0.497 e. The molecule has 0 saturated heterocycles. The number of nitrogens with zero attached hydrogens (tertiary/aromatic N) is 2. The monoisotopic (exact) mass is 551 g/mol. The molecule has 3 aromatic carbocycles. The lowest BCUT2D eigenvalue weighted by Crippen LogP contribution is -2.51. The number of carbonyl (C=O) groups excluding carboxylic acids is 2. The molecule has 0 aromatic heterocycles. The van der Waals surface area contributed by atoms with Crippen molar-refractivity contribution in [1.82, 2.24) is 10.2 Å². The topological polar surface area (TPSA) is 96.0 Å². The highest BCUT2D eigenvalue weighted by Gasteiger charge is 2.32. The van der Waals surface area contributed by atoms with Crippen molar-refractivity contribution in [3.8, 4) is 5.75 Å². The number of anilines is 1. The molecular formula is C30H37N3O5S. The zero-order valence-corrected chi connectivity index (χ0v) is 24.0. The molecule has 0 radical (unpaired) electrons. The molecule has 2 amide bonds. The van der Waals surface area contributed by atoms with Gasteiger partial charge in [0.05, 0.1) is 17.7 Å². The standard InChI is InChI=1S/C30H37N3O5S/c1-6-19-31-30(35)24(4)32(20-25-11-7-22(2)8-12-25)29(34)21-33(26-13-9-23(3)10-14-26)39(36,37)28-17-15-27(38-5)16-18-28/h7-18,24H,6,19-21H2,1-5H3,(H,31,35)/t24-/m0/s1. The average molecular weight is 552 g/mol. The number of methoxy groups -OCH3 is 1. The summed E-state index contributed by atoms with van der Waals surface area (Å²) in [5.74, 6) is -0.271. The molecule has 3 aromatic rings. The van der Waals surface area contributed by atoms with Crippen molar-refractivity contribution in [2.45, 2.75) is 51.6 Å². The molecule has 0 aliphatic carbocycles. The summed E-state index contributed by atoms with van der Waals surface area (Å²) in [6.07, 6.45) is 0.756. The Hall–Kier alpha value is -3.85. The summed E-state index contributed by atoms with van der Waals surface area (Å²) in [5.41, 5.74) is 3.21. The number of hydrogen-bond acceptors (Lipinski definition) is 5. The summed E-state index contributed by atoms with van der Waals surface area (Å²) in [6, 6.07) is 19.8. The third kappa shape index (κ3) is 7.60. The van der Waals surface area contributed by atoms with Crippen molar-refractivity contribution in [1.29, 1.82) is 0 Å². The summed E-state index contributed by atoms with van der Waals surface area (Å²) in [6.45, 7) is 7.64. The van der Waals surface area contributed by atoms with Crippen molar-refractivity contribution in [2.24, 2.45) is 0 Å². The number of sulfonamides is 1. The lowest BCUT2D eigenvalue weighted by atomic mass is 10.1. The first-order valence-corrected chi connectivity index (χ1v) is 14.4. The first-order chi connectivity index (χ1) is 18.6. The molecule has 0 saturated carbocycles. The van der Waals surface area contributed by atoms with Gasteiger partial charge in [0.1, 0.15) is 18.3 Å². The van der Waals surface area contributed by atoms with Crippen LogP contribution in [0, 0.1) is 13.8 Å². The molecular weight excluding hydrogens is 514 g/mol. The fourth-order valence-electron chi connectivity index (χ4n) is 3.98. The molecule has 0 aliphatic rings. The molecule has 0 heterocycles. The van der Waals surface area contributed by atoms with Crippen LogP contribution in [-0.4, -0.2) is 51.4 Å². The smallest absolute Gasteiger partial charge is 0.264 e. The fourth-order valence-corrected chi connectivity index (χ4v) is 5.40. The van der Waals surface area contributed by atoms with Crippen LogP contribution in [0.2, 0.25) is 0 Å². The Labute approximate surface area is 231 Å². The van der Waals surface area contributed by atoms with Crippen LogP contribution in [0.1, 0.15) is 37.0 Å². The van der Waals surface area contributed by atoms with Gasteiger partial charge in [0.25, 0.3) is 10.0 Å². The van der Waals surface area contributed by atoms with Gasteiger partial charge in [-0.2, -0.15) is 0 Å². The van der Waals surface area contributed by atoms with E-state index in [0.29, 0.717) is 18.0 Å². The highest BCUT2D eigenvalue weighted by Crippen LogP contribution is 2.26. The SMILES string of the molecule is CCCNC(=O)[C@H](C)N(Cc1ccc(C)cc1)C(=O)CN(c1ccc(C)cc1)S(=O)(=O)c1ccc(OC)cc1. The first kappa shape index (κ1) is 29.7. The Morgan fingerprint density at radius 2 is 1.46 bits per heavy atom. The minimum absolute atomic E-state index is 0.0236. The summed E-state index contributed by atoms with van der Waals surface area (Å²) >= 11 is 0. The van der Waals surface area contributed by atoms with E-state index < -0.39 is 28.5 Å². The second-order valence-corrected chi connectivity index (χ2v) is 11.4. The van der Waals surface area contributed by atoms with Crippen LogP contribution < -0.4 is 14.4 Å². The molecule has 0 spiro atoms. The Morgan fingerprint density at radius 3 is 2.00 bits per heavy atom. The number of ether oxygens (including phenoxy) is 1. The maximum absolute atomic E-state index is 13.9. The predicted octanol–water partition coefficient (Wildman–Crippen LogP) is 4.45. The molecule has 39 heavy (non-hydrogen) atoms. The first-order valence-electron chi connectivity index (χ1n) is 12.9. The van der Waals surface area contributed by atoms with Gasteiger partial charge >= 0.3 is 0 Å². The number of carbonyl (C=O) groups is 2. The molecule has 0 bridgehead atoms. The Morgan fingerprint density at radius 1 is 0.897 bits per heavy atom. The van der Waals surface area contributed by atoms with Crippen LogP contribution >= 0.6 is 0 Å². The predicted molar refractivity (Wildman–Crippen MR) is 153 cm³/mol. The summed E-state index contributed by atoms with van der Waals surface area (Å²) in [7, 11) is -2.63. The van der Waals surface area contributed by atoms with Crippen molar-refractivity contribution >= 4 is 27.5 Å². The second-order valence-electron chi connectivity index (χ2n) is 9.50.